The molecular weight excluding hydrogens is 520 g/mol. The van der Waals surface area contributed by atoms with Crippen molar-refractivity contribution in [2.75, 3.05) is 0 Å². The Morgan fingerprint density at radius 2 is 0.884 bits per heavy atom. The van der Waals surface area contributed by atoms with Gasteiger partial charge in [-0.25, -0.2) is 0 Å². The Morgan fingerprint density at radius 3 is 1.58 bits per heavy atom. The fourth-order valence-corrected chi connectivity index (χ4v) is 6.98. The molecule has 8 aromatic carbocycles. The molecular formula is C42H26O. The lowest BCUT2D eigenvalue weighted by atomic mass is 9.85. The van der Waals surface area contributed by atoms with Crippen molar-refractivity contribution in [3.63, 3.8) is 0 Å². The van der Waals surface area contributed by atoms with Crippen LogP contribution >= 0.6 is 0 Å². The monoisotopic (exact) mass is 546 g/mol. The minimum atomic E-state index is 0.928. The molecule has 1 nitrogen and oxygen atoms in total. The molecule has 0 spiro atoms. The van der Waals surface area contributed by atoms with Crippen LogP contribution in [0.5, 0.6) is 0 Å². The second-order valence-electron chi connectivity index (χ2n) is 11.3. The molecule has 0 atom stereocenters. The first-order chi connectivity index (χ1) is 21.3. The minimum Gasteiger partial charge on any atom is -0.463 e. The van der Waals surface area contributed by atoms with Crippen molar-refractivity contribution in [2.45, 2.75) is 0 Å². The van der Waals surface area contributed by atoms with Gasteiger partial charge in [0.15, 0.2) is 0 Å². The average Bonchev–Trinajstić information content (AvgIpc) is 3.50. The number of hydrogen-bond acceptors (Lipinski definition) is 1. The van der Waals surface area contributed by atoms with Gasteiger partial charge in [-0.1, -0.05) is 140 Å². The fourth-order valence-electron chi connectivity index (χ4n) is 6.98. The van der Waals surface area contributed by atoms with Gasteiger partial charge in [-0.15, -0.1) is 0 Å². The predicted octanol–water partition coefficient (Wildman–Crippen LogP) is 12.0. The normalized spacial score (nSPS) is 11.7. The van der Waals surface area contributed by atoms with Crippen LogP contribution in [0.3, 0.4) is 0 Å². The van der Waals surface area contributed by atoms with Crippen molar-refractivity contribution < 1.29 is 4.42 Å². The van der Waals surface area contributed by atoms with E-state index in [1.165, 1.54) is 65.5 Å². The van der Waals surface area contributed by atoms with Crippen LogP contribution in [0.25, 0.3) is 87.4 Å². The third-order valence-electron chi connectivity index (χ3n) is 8.90. The van der Waals surface area contributed by atoms with Crippen LogP contribution in [-0.2, 0) is 0 Å². The summed E-state index contributed by atoms with van der Waals surface area (Å²) in [4.78, 5) is 0. The molecule has 0 saturated carbocycles. The molecule has 0 bridgehead atoms. The SMILES string of the molecule is c1ccc(-c2cc3c(-c4c5ccccc5c(-c5ccc6ccccc6c5)c5ccccc45)coc3c3ccccc23)cc1. The van der Waals surface area contributed by atoms with E-state index >= 15 is 0 Å². The van der Waals surface area contributed by atoms with E-state index in [-0.39, 0.29) is 0 Å². The Balaban J connectivity index is 1.40. The zero-order valence-corrected chi connectivity index (χ0v) is 23.4. The summed E-state index contributed by atoms with van der Waals surface area (Å²) < 4.78 is 6.47. The maximum atomic E-state index is 6.47. The first kappa shape index (κ1) is 24.0. The molecule has 200 valence electrons. The Morgan fingerprint density at radius 1 is 0.326 bits per heavy atom. The molecule has 0 aliphatic heterocycles. The number of benzene rings is 8. The lowest BCUT2D eigenvalue weighted by Gasteiger charge is -2.17. The highest BCUT2D eigenvalue weighted by atomic mass is 16.3. The molecule has 0 aliphatic rings. The summed E-state index contributed by atoms with van der Waals surface area (Å²) in [6.45, 7) is 0. The summed E-state index contributed by atoms with van der Waals surface area (Å²) in [5.74, 6) is 0. The van der Waals surface area contributed by atoms with Gasteiger partial charge in [0, 0.05) is 21.9 Å². The second-order valence-corrected chi connectivity index (χ2v) is 11.3. The van der Waals surface area contributed by atoms with Gasteiger partial charge < -0.3 is 4.42 Å². The maximum Gasteiger partial charge on any atom is 0.142 e. The Hall–Kier alpha value is -5.66. The molecule has 0 saturated heterocycles. The van der Waals surface area contributed by atoms with Gasteiger partial charge in [-0.3, -0.25) is 0 Å². The summed E-state index contributed by atoms with van der Waals surface area (Å²) in [7, 11) is 0. The summed E-state index contributed by atoms with van der Waals surface area (Å²) in [5, 5.41) is 10.9. The molecule has 0 N–H and O–H groups in total. The molecule has 0 aliphatic carbocycles. The van der Waals surface area contributed by atoms with Crippen molar-refractivity contribution in [3.8, 4) is 33.4 Å². The van der Waals surface area contributed by atoms with E-state index in [1.807, 2.05) is 6.26 Å². The molecule has 1 aromatic heterocycles. The lowest BCUT2D eigenvalue weighted by molar-refractivity contribution is 0.620. The predicted molar refractivity (Wildman–Crippen MR) is 183 cm³/mol. The largest absolute Gasteiger partial charge is 0.463 e. The summed E-state index contributed by atoms with van der Waals surface area (Å²) in [6, 6.07) is 54.7. The van der Waals surface area contributed by atoms with E-state index in [9.17, 15) is 0 Å². The summed E-state index contributed by atoms with van der Waals surface area (Å²) >= 11 is 0. The zero-order valence-electron chi connectivity index (χ0n) is 23.4. The minimum absolute atomic E-state index is 0.928. The van der Waals surface area contributed by atoms with E-state index in [0.717, 1.165) is 21.9 Å². The van der Waals surface area contributed by atoms with E-state index < -0.39 is 0 Å². The van der Waals surface area contributed by atoms with Crippen LogP contribution in [0.1, 0.15) is 0 Å². The zero-order chi connectivity index (χ0) is 28.3. The van der Waals surface area contributed by atoms with Gasteiger partial charge in [-0.2, -0.15) is 0 Å². The first-order valence-electron chi connectivity index (χ1n) is 14.8. The van der Waals surface area contributed by atoms with Crippen LogP contribution < -0.4 is 0 Å². The highest BCUT2D eigenvalue weighted by Crippen LogP contribution is 2.47. The van der Waals surface area contributed by atoms with Crippen molar-refractivity contribution in [1.29, 1.82) is 0 Å². The molecule has 9 rings (SSSR count). The van der Waals surface area contributed by atoms with Gasteiger partial charge in [0.2, 0.25) is 0 Å². The van der Waals surface area contributed by atoms with E-state index in [1.54, 1.807) is 0 Å². The Bertz CT molecular complexity index is 2440. The van der Waals surface area contributed by atoms with Gasteiger partial charge >= 0.3 is 0 Å². The van der Waals surface area contributed by atoms with Crippen molar-refractivity contribution in [3.05, 3.63) is 158 Å². The third-order valence-corrected chi connectivity index (χ3v) is 8.90. The van der Waals surface area contributed by atoms with Crippen LogP contribution in [0.4, 0.5) is 0 Å². The fraction of sp³-hybridized carbons (Fsp3) is 0. The van der Waals surface area contributed by atoms with Gasteiger partial charge in [-0.05, 0) is 72.1 Å². The quantitative estimate of drug-likeness (QED) is 0.201. The standard InChI is InChI=1S/C42H26O/c1-2-13-28(14-3-1)37-25-38-39(26-43-42(38)36-21-11-6-16-31(36)37)41-34-19-9-7-17-32(34)40(33-18-8-10-20-35(33)41)30-23-22-27-12-4-5-15-29(27)24-30/h1-26H. The van der Waals surface area contributed by atoms with Crippen molar-refractivity contribution in [2.24, 2.45) is 0 Å². The number of rotatable bonds is 3. The van der Waals surface area contributed by atoms with Crippen molar-refractivity contribution in [1.82, 2.24) is 0 Å². The van der Waals surface area contributed by atoms with Gasteiger partial charge in [0.25, 0.3) is 0 Å². The average molecular weight is 547 g/mol. The molecule has 1 heterocycles. The smallest absolute Gasteiger partial charge is 0.142 e. The van der Waals surface area contributed by atoms with Gasteiger partial charge in [0.05, 0.1) is 6.26 Å². The van der Waals surface area contributed by atoms with Crippen LogP contribution in [0.2, 0.25) is 0 Å². The molecule has 0 fully saturated rings. The van der Waals surface area contributed by atoms with E-state index in [0.29, 0.717) is 0 Å². The van der Waals surface area contributed by atoms with Crippen LogP contribution in [0, 0.1) is 0 Å². The Labute approximate surface area is 249 Å². The first-order valence-corrected chi connectivity index (χ1v) is 14.8. The summed E-state index contributed by atoms with van der Waals surface area (Å²) in [5.41, 5.74) is 8.18. The van der Waals surface area contributed by atoms with Gasteiger partial charge in [0.1, 0.15) is 5.58 Å². The number of furan rings is 1. The number of hydrogen-bond donors (Lipinski definition) is 0. The molecule has 43 heavy (non-hydrogen) atoms. The lowest BCUT2D eigenvalue weighted by Crippen LogP contribution is -1.91. The highest BCUT2D eigenvalue weighted by Gasteiger charge is 2.21. The van der Waals surface area contributed by atoms with Crippen molar-refractivity contribution >= 4 is 54.1 Å². The summed E-state index contributed by atoms with van der Waals surface area (Å²) in [6.07, 6.45) is 1.97. The van der Waals surface area contributed by atoms with E-state index in [2.05, 4.69) is 152 Å². The van der Waals surface area contributed by atoms with Crippen LogP contribution in [0.15, 0.2) is 162 Å². The third kappa shape index (κ3) is 3.65. The highest BCUT2D eigenvalue weighted by molar-refractivity contribution is 6.25. The molecule has 9 aromatic rings. The number of fused-ring (bicyclic) bond motifs is 6. The second kappa shape index (κ2) is 9.44. The molecule has 0 amide bonds. The molecule has 0 radical (unpaired) electrons. The molecule has 1 heteroatoms. The van der Waals surface area contributed by atoms with E-state index in [4.69, 9.17) is 4.42 Å². The van der Waals surface area contributed by atoms with Crippen LogP contribution in [-0.4, -0.2) is 0 Å². The Kier molecular flexibility index (Phi) is 5.27. The topological polar surface area (TPSA) is 13.1 Å². The molecule has 0 unspecified atom stereocenters. The maximum absolute atomic E-state index is 6.47.